The quantitative estimate of drug-likeness (QED) is 0.837. The van der Waals surface area contributed by atoms with Gasteiger partial charge in [-0.1, -0.05) is 40.2 Å². The molecular formula is C18H28N2. The van der Waals surface area contributed by atoms with Gasteiger partial charge in [0.2, 0.25) is 0 Å². The van der Waals surface area contributed by atoms with Crippen LogP contribution >= 0.6 is 0 Å². The van der Waals surface area contributed by atoms with Crippen molar-refractivity contribution in [1.82, 2.24) is 5.32 Å². The molecule has 0 radical (unpaired) electrons. The fourth-order valence-corrected chi connectivity index (χ4v) is 3.68. The second-order valence-electron chi connectivity index (χ2n) is 5.74. The van der Waals surface area contributed by atoms with Crippen LogP contribution in [-0.4, -0.2) is 12.9 Å². The number of benzene rings is 1. The predicted molar refractivity (Wildman–Crippen MR) is 88.2 cm³/mol. The summed E-state index contributed by atoms with van der Waals surface area (Å²) < 4.78 is 0. The van der Waals surface area contributed by atoms with E-state index >= 15 is 0 Å². The van der Waals surface area contributed by atoms with Crippen LogP contribution in [0.25, 0.3) is 0 Å². The molecule has 0 aliphatic carbocycles. The fourth-order valence-electron chi connectivity index (χ4n) is 3.68. The average Bonchev–Trinajstić information content (AvgIpc) is 2.79. The minimum atomic E-state index is 0.106. The molecule has 1 aliphatic rings. The smallest absolute Gasteiger partial charge is 0.113 e. The molecule has 110 valence electrons. The molecule has 20 heavy (non-hydrogen) atoms. The van der Waals surface area contributed by atoms with Crippen LogP contribution in [0.5, 0.6) is 0 Å². The summed E-state index contributed by atoms with van der Waals surface area (Å²) in [5, 5.41) is 3.36. The molecule has 1 aliphatic heterocycles. The van der Waals surface area contributed by atoms with E-state index in [2.05, 4.69) is 45.1 Å². The van der Waals surface area contributed by atoms with E-state index in [-0.39, 0.29) is 5.41 Å². The standard InChI is InChI=1S/C18H28N2/c1-6-10-18(9-4)15-11-13(7-2)14(8-3)12-16(15)20-17(18)19-5/h11-12H,6-10H2,1-5H3,(H,19,20). The summed E-state index contributed by atoms with van der Waals surface area (Å²) >= 11 is 0. The Labute approximate surface area is 123 Å². The maximum atomic E-state index is 4.90. The minimum absolute atomic E-state index is 0.106. The van der Waals surface area contributed by atoms with E-state index in [0.717, 1.165) is 25.1 Å². The Bertz CT molecular complexity index is 516. The predicted octanol–water partition coefficient (Wildman–Crippen LogP) is 4.52. The Morgan fingerprint density at radius 2 is 1.70 bits per heavy atom. The lowest BCUT2D eigenvalue weighted by atomic mass is 9.73. The van der Waals surface area contributed by atoms with Crippen LogP contribution in [-0.2, 0) is 18.3 Å². The van der Waals surface area contributed by atoms with Gasteiger partial charge in [0.05, 0.1) is 11.1 Å². The minimum Gasteiger partial charge on any atom is -0.376 e. The van der Waals surface area contributed by atoms with Crippen molar-refractivity contribution >= 4 is 11.5 Å². The van der Waals surface area contributed by atoms with Crippen LogP contribution in [0.3, 0.4) is 0 Å². The van der Waals surface area contributed by atoms with Gasteiger partial charge in [-0.3, -0.25) is 0 Å². The number of aliphatic imine (C=N–C) groups is 1. The van der Waals surface area contributed by atoms with Crippen LogP contribution in [0.2, 0.25) is 0 Å². The molecule has 2 nitrogen and oxygen atoms in total. The third-order valence-corrected chi connectivity index (χ3v) is 4.80. The van der Waals surface area contributed by atoms with Crippen molar-refractivity contribution < 1.29 is 0 Å². The molecule has 0 saturated carbocycles. The van der Waals surface area contributed by atoms with E-state index in [0.29, 0.717) is 0 Å². The molecule has 1 heterocycles. The van der Waals surface area contributed by atoms with E-state index in [9.17, 15) is 0 Å². The number of hydrogen-bond donors (Lipinski definition) is 1. The molecule has 0 bridgehead atoms. The maximum Gasteiger partial charge on any atom is 0.113 e. The van der Waals surface area contributed by atoms with Crippen molar-refractivity contribution in [3.63, 3.8) is 0 Å². The highest BCUT2D eigenvalue weighted by atomic mass is 15.0. The van der Waals surface area contributed by atoms with Crippen molar-refractivity contribution in [2.45, 2.75) is 65.2 Å². The number of rotatable bonds is 5. The molecule has 2 rings (SSSR count). The second kappa shape index (κ2) is 5.99. The first kappa shape index (κ1) is 15.1. The number of likely N-dealkylation sites (N-methyl/N-ethyl adjacent to an activating group) is 1. The Balaban J connectivity index is 2.62. The highest BCUT2D eigenvalue weighted by Crippen LogP contribution is 2.46. The molecule has 1 atom stereocenters. The fraction of sp³-hybridized carbons (Fsp3) is 0.611. The van der Waals surface area contributed by atoms with Crippen molar-refractivity contribution in [2.24, 2.45) is 4.99 Å². The molecule has 0 spiro atoms. The molecule has 0 aromatic heterocycles. The van der Waals surface area contributed by atoms with E-state index in [4.69, 9.17) is 4.99 Å². The van der Waals surface area contributed by atoms with Crippen molar-refractivity contribution in [1.29, 1.82) is 0 Å². The van der Waals surface area contributed by atoms with Crippen LogP contribution in [0.4, 0.5) is 5.69 Å². The van der Waals surface area contributed by atoms with Crippen molar-refractivity contribution in [2.75, 3.05) is 7.05 Å². The molecule has 0 saturated heterocycles. The topological polar surface area (TPSA) is 24.4 Å². The highest BCUT2D eigenvalue weighted by Gasteiger charge is 2.41. The number of aryl methyl sites for hydroxylation is 2. The summed E-state index contributed by atoms with van der Waals surface area (Å²) in [4.78, 5) is 4.90. The molecular weight excluding hydrogens is 244 g/mol. The van der Waals surface area contributed by atoms with Crippen molar-refractivity contribution in [3.05, 3.63) is 28.8 Å². The number of fused-ring (bicyclic) bond motifs is 1. The molecule has 1 unspecified atom stereocenters. The van der Waals surface area contributed by atoms with Crippen LogP contribution < -0.4 is 5.32 Å². The second-order valence-corrected chi connectivity index (χ2v) is 5.74. The van der Waals surface area contributed by atoms with Crippen LogP contribution in [0.15, 0.2) is 17.1 Å². The Kier molecular flexibility index (Phi) is 4.52. The lowest BCUT2D eigenvalue weighted by Crippen LogP contribution is -2.40. The highest BCUT2D eigenvalue weighted by molar-refractivity contribution is 6.00. The molecule has 0 fully saturated rings. The number of nitrogens with one attached hydrogen (secondary N) is 1. The summed E-state index contributed by atoms with van der Waals surface area (Å²) in [6.07, 6.45) is 5.67. The zero-order valence-electron chi connectivity index (χ0n) is 13.6. The Hall–Kier alpha value is -1.31. The maximum absolute atomic E-state index is 4.90. The number of nitrogens with zero attached hydrogens (tertiary/aromatic N) is 1. The average molecular weight is 272 g/mol. The van der Waals surface area contributed by atoms with Gasteiger partial charge in [0.1, 0.15) is 5.84 Å². The summed E-state index contributed by atoms with van der Waals surface area (Å²) in [6, 6.07) is 4.75. The summed E-state index contributed by atoms with van der Waals surface area (Å²) in [7, 11) is 2.01. The van der Waals surface area contributed by atoms with E-state index in [1.165, 1.54) is 35.2 Å². The monoisotopic (exact) mass is 272 g/mol. The zero-order chi connectivity index (χ0) is 14.8. The van der Waals surface area contributed by atoms with Gasteiger partial charge in [-0.15, -0.1) is 0 Å². The third kappa shape index (κ3) is 2.15. The molecule has 1 aromatic carbocycles. The number of hydrogen-bond acceptors (Lipinski definition) is 2. The lowest BCUT2D eigenvalue weighted by Gasteiger charge is -2.31. The van der Waals surface area contributed by atoms with E-state index in [1.807, 2.05) is 7.05 Å². The van der Waals surface area contributed by atoms with Crippen LogP contribution in [0.1, 0.15) is 63.6 Å². The summed E-state index contributed by atoms with van der Waals surface area (Å²) in [5.41, 5.74) is 5.69. The first-order valence-electron chi connectivity index (χ1n) is 8.09. The third-order valence-electron chi connectivity index (χ3n) is 4.80. The number of amidine groups is 1. The molecule has 0 amide bonds. The van der Waals surface area contributed by atoms with Crippen molar-refractivity contribution in [3.8, 4) is 0 Å². The lowest BCUT2D eigenvalue weighted by molar-refractivity contribution is 0.499. The van der Waals surface area contributed by atoms with Crippen LogP contribution in [0, 0.1) is 0 Å². The Morgan fingerprint density at radius 1 is 1.05 bits per heavy atom. The molecule has 2 heteroatoms. The van der Waals surface area contributed by atoms with Gasteiger partial charge in [-0.25, -0.2) is 4.99 Å². The van der Waals surface area contributed by atoms with Gasteiger partial charge in [0, 0.05) is 7.05 Å². The first-order valence-corrected chi connectivity index (χ1v) is 8.09. The zero-order valence-corrected chi connectivity index (χ0v) is 13.6. The Morgan fingerprint density at radius 3 is 2.20 bits per heavy atom. The van der Waals surface area contributed by atoms with E-state index in [1.54, 1.807) is 0 Å². The van der Waals surface area contributed by atoms with Gasteiger partial charge < -0.3 is 5.32 Å². The van der Waals surface area contributed by atoms with Gasteiger partial charge in [-0.2, -0.15) is 0 Å². The van der Waals surface area contributed by atoms with Gasteiger partial charge in [-0.05, 0) is 48.4 Å². The molecule has 1 aromatic rings. The van der Waals surface area contributed by atoms with E-state index < -0.39 is 0 Å². The van der Waals surface area contributed by atoms with Gasteiger partial charge in [0.25, 0.3) is 0 Å². The summed E-state index contributed by atoms with van der Waals surface area (Å²) in [6.45, 7) is 9.04. The largest absolute Gasteiger partial charge is 0.376 e. The molecule has 1 N–H and O–H groups in total. The summed E-state index contributed by atoms with van der Waals surface area (Å²) in [5.74, 6) is 1.16. The van der Waals surface area contributed by atoms with Gasteiger partial charge in [0.15, 0.2) is 0 Å². The SMILES string of the molecule is CCCC1(CC)C(NC)=Nc2cc(CC)c(CC)cc21. The first-order chi connectivity index (χ1) is 9.66. The van der Waals surface area contributed by atoms with Gasteiger partial charge >= 0.3 is 0 Å². The normalized spacial score (nSPS) is 20.8.